The fourth-order valence-electron chi connectivity index (χ4n) is 1.66. The number of aryl methyl sites for hydroxylation is 1. The number of sulfonamides is 1. The first-order valence-corrected chi connectivity index (χ1v) is 8.65. The van der Waals surface area contributed by atoms with Gasteiger partial charge in [-0.25, -0.2) is 13.4 Å². The maximum atomic E-state index is 12.3. The van der Waals surface area contributed by atoms with Gasteiger partial charge in [0.05, 0.1) is 16.4 Å². The van der Waals surface area contributed by atoms with Gasteiger partial charge in [-0.1, -0.05) is 18.5 Å². The fourth-order valence-corrected chi connectivity index (χ4v) is 3.22. The minimum Gasteiger partial charge on any atom is -0.381 e. The van der Waals surface area contributed by atoms with Crippen molar-refractivity contribution in [3.8, 4) is 0 Å². The van der Waals surface area contributed by atoms with Gasteiger partial charge in [-0.3, -0.25) is 9.40 Å². The quantitative estimate of drug-likeness (QED) is 0.758. The molecule has 0 atom stereocenters. The topological polar surface area (TPSA) is 103 Å². The Balaban J connectivity index is 2.31. The Kier molecular flexibility index (Phi) is 4.74. The lowest BCUT2D eigenvalue weighted by Crippen LogP contribution is -2.14. The molecular formula is C11H13BrClN5O2S. The molecule has 0 amide bonds. The summed E-state index contributed by atoms with van der Waals surface area (Å²) >= 11 is 8.94. The van der Waals surface area contributed by atoms with E-state index in [0.717, 1.165) is 6.42 Å². The maximum Gasteiger partial charge on any atom is 0.267 e. The average Bonchev–Trinajstić information content (AvgIpc) is 2.76. The number of hydrogen-bond acceptors (Lipinski definition) is 5. The predicted molar refractivity (Wildman–Crippen MR) is 84.7 cm³/mol. The molecule has 0 aliphatic carbocycles. The summed E-state index contributed by atoms with van der Waals surface area (Å²) in [5.74, 6) is -0.0445. The minimum absolute atomic E-state index is 0.0445. The van der Waals surface area contributed by atoms with Crippen LogP contribution in [-0.4, -0.2) is 23.2 Å². The van der Waals surface area contributed by atoms with Gasteiger partial charge < -0.3 is 5.73 Å². The van der Waals surface area contributed by atoms with Crippen molar-refractivity contribution in [1.29, 1.82) is 0 Å². The van der Waals surface area contributed by atoms with Gasteiger partial charge in [0.15, 0.2) is 5.82 Å². The summed E-state index contributed by atoms with van der Waals surface area (Å²) in [5.41, 5.74) is 5.94. The average molecular weight is 395 g/mol. The normalized spacial score (nSPS) is 11.6. The predicted octanol–water partition coefficient (Wildman–Crippen LogP) is 2.49. The monoisotopic (exact) mass is 393 g/mol. The number of nitrogens with two attached hydrogens (primary N) is 1. The van der Waals surface area contributed by atoms with E-state index in [9.17, 15) is 8.42 Å². The van der Waals surface area contributed by atoms with Crippen LogP contribution in [0.3, 0.4) is 0 Å². The van der Waals surface area contributed by atoms with Crippen LogP contribution in [-0.2, 0) is 16.6 Å². The van der Waals surface area contributed by atoms with E-state index >= 15 is 0 Å². The van der Waals surface area contributed by atoms with Gasteiger partial charge in [0.2, 0.25) is 0 Å². The Morgan fingerprint density at radius 2 is 2.24 bits per heavy atom. The van der Waals surface area contributed by atoms with E-state index in [1.165, 1.54) is 23.1 Å². The summed E-state index contributed by atoms with van der Waals surface area (Å²) < 4.78 is 29.0. The first-order chi connectivity index (χ1) is 9.83. The lowest BCUT2D eigenvalue weighted by molar-refractivity contribution is 0.595. The zero-order valence-corrected chi connectivity index (χ0v) is 14.2. The molecule has 0 fully saturated rings. The summed E-state index contributed by atoms with van der Waals surface area (Å²) in [5, 5.41) is 4.21. The van der Waals surface area contributed by atoms with Gasteiger partial charge in [-0.15, -0.1) is 0 Å². The zero-order chi connectivity index (χ0) is 15.6. The van der Waals surface area contributed by atoms with Gasteiger partial charge >= 0.3 is 0 Å². The highest BCUT2D eigenvalue weighted by Gasteiger charge is 2.21. The van der Waals surface area contributed by atoms with Crippen molar-refractivity contribution in [2.75, 3.05) is 10.5 Å². The van der Waals surface area contributed by atoms with Crippen molar-refractivity contribution in [2.24, 2.45) is 0 Å². The van der Waals surface area contributed by atoms with Crippen LogP contribution in [0, 0.1) is 0 Å². The molecule has 114 valence electrons. The van der Waals surface area contributed by atoms with Crippen LogP contribution in [0.15, 0.2) is 27.8 Å². The highest BCUT2D eigenvalue weighted by molar-refractivity contribution is 9.10. The summed E-state index contributed by atoms with van der Waals surface area (Å²) in [4.78, 5) is 3.79. The molecule has 0 bridgehead atoms. The molecule has 2 aromatic heterocycles. The van der Waals surface area contributed by atoms with Crippen molar-refractivity contribution in [2.45, 2.75) is 24.8 Å². The second-order valence-corrected chi connectivity index (χ2v) is 7.11. The molecule has 2 rings (SSSR count). The second-order valence-electron chi connectivity index (χ2n) is 4.24. The Bertz CT molecular complexity index is 762. The van der Waals surface area contributed by atoms with Gasteiger partial charge in [-0.2, -0.15) is 5.10 Å². The Morgan fingerprint density at radius 1 is 1.52 bits per heavy atom. The molecule has 0 aromatic carbocycles. The van der Waals surface area contributed by atoms with Crippen LogP contribution in [0.1, 0.15) is 13.3 Å². The fraction of sp³-hybridized carbons (Fsp3) is 0.273. The number of nitrogens with one attached hydrogen (secondary N) is 1. The molecule has 0 radical (unpaired) electrons. The third-order valence-corrected chi connectivity index (χ3v) is 5.08. The van der Waals surface area contributed by atoms with Crippen molar-refractivity contribution < 1.29 is 8.42 Å². The molecule has 7 nitrogen and oxygen atoms in total. The largest absolute Gasteiger partial charge is 0.381 e. The number of halogens is 2. The van der Waals surface area contributed by atoms with E-state index in [0.29, 0.717) is 11.0 Å². The molecule has 0 unspecified atom stereocenters. The van der Waals surface area contributed by atoms with E-state index in [1.807, 2.05) is 6.92 Å². The molecule has 0 aliphatic heterocycles. The highest BCUT2D eigenvalue weighted by Crippen LogP contribution is 2.25. The third kappa shape index (κ3) is 3.66. The molecule has 10 heteroatoms. The van der Waals surface area contributed by atoms with Crippen molar-refractivity contribution in [1.82, 2.24) is 14.8 Å². The Morgan fingerprint density at radius 3 is 2.86 bits per heavy atom. The molecule has 0 saturated carbocycles. The standard InChI is InChI=1S/C11H13BrClN5O2S/c1-2-3-18-6-9(11(14)16-18)21(19,20)17-7-4-8(12)10(13)15-5-7/h4-6,17H,2-3H2,1H3,(H2,14,16). The molecular weight excluding hydrogens is 382 g/mol. The van der Waals surface area contributed by atoms with Crippen LogP contribution in [0.4, 0.5) is 11.5 Å². The molecule has 0 aliphatic rings. The molecule has 0 saturated heterocycles. The van der Waals surface area contributed by atoms with Gasteiger partial charge in [0.25, 0.3) is 10.0 Å². The van der Waals surface area contributed by atoms with E-state index in [2.05, 4.69) is 30.7 Å². The van der Waals surface area contributed by atoms with E-state index in [4.69, 9.17) is 17.3 Å². The molecule has 21 heavy (non-hydrogen) atoms. The van der Waals surface area contributed by atoms with Gasteiger partial charge in [-0.05, 0) is 28.4 Å². The van der Waals surface area contributed by atoms with Crippen LogP contribution < -0.4 is 10.5 Å². The summed E-state index contributed by atoms with van der Waals surface area (Å²) in [6.07, 6.45) is 3.54. The summed E-state index contributed by atoms with van der Waals surface area (Å²) in [6.45, 7) is 2.55. The van der Waals surface area contributed by atoms with Crippen molar-refractivity contribution in [3.05, 3.63) is 28.1 Å². The number of aromatic nitrogens is 3. The number of hydrogen-bond donors (Lipinski definition) is 2. The number of pyridine rings is 1. The number of nitrogens with zero attached hydrogens (tertiary/aromatic N) is 3. The lowest BCUT2D eigenvalue weighted by Gasteiger charge is -2.07. The zero-order valence-electron chi connectivity index (χ0n) is 11.0. The Hall–Kier alpha value is -1.32. The van der Waals surface area contributed by atoms with Crippen molar-refractivity contribution >= 4 is 49.1 Å². The van der Waals surface area contributed by atoms with E-state index in [1.54, 1.807) is 0 Å². The maximum absolute atomic E-state index is 12.3. The highest BCUT2D eigenvalue weighted by atomic mass is 79.9. The molecule has 3 N–H and O–H groups in total. The van der Waals surface area contributed by atoms with Crippen molar-refractivity contribution in [3.63, 3.8) is 0 Å². The van der Waals surface area contributed by atoms with Crippen LogP contribution >= 0.6 is 27.5 Å². The lowest BCUT2D eigenvalue weighted by atomic mass is 10.4. The van der Waals surface area contributed by atoms with Gasteiger partial charge in [0, 0.05) is 12.7 Å². The van der Waals surface area contributed by atoms with Crippen LogP contribution in [0.2, 0.25) is 5.15 Å². The number of anilines is 2. The second kappa shape index (κ2) is 6.20. The smallest absolute Gasteiger partial charge is 0.267 e. The third-order valence-electron chi connectivity index (χ3n) is 2.55. The SMILES string of the molecule is CCCn1cc(S(=O)(=O)Nc2cnc(Cl)c(Br)c2)c(N)n1. The summed E-state index contributed by atoms with van der Waals surface area (Å²) in [7, 11) is -3.83. The number of rotatable bonds is 5. The molecule has 2 aromatic rings. The molecule has 0 spiro atoms. The van der Waals surface area contributed by atoms with E-state index < -0.39 is 10.0 Å². The van der Waals surface area contributed by atoms with E-state index in [-0.39, 0.29) is 21.6 Å². The number of nitrogen functional groups attached to an aromatic ring is 1. The molecule has 2 heterocycles. The van der Waals surface area contributed by atoms with Crippen LogP contribution in [0.5, 0.6) is 0 Å². The first-order valence-electron chi connectivity index (χ1n) is 6.00. The Labute approximate surface area is 135 Å². The van der Waals surface area contributed by atoms with Gasteiger partial charge in [0.1, 0.15) is 10.0 Å². The van der Waals surface area contributed by atoms with Crippen LogP contribution in [0.25, 0.3) is 0 Å². The summed E-state index contributed by atoms with van der Waals surface area (Å²) in [6, 6.07) is 1.51. The first kappa shape index (κ1) is 16.1. The minimum atomic E-state index is -3.83.